The Morgan fingerprint density at radius 2 is 0.812 bits per heavy atom. The average Bonchev–Trinajstić information content (AvgIpc) is 2.72. The molecule has 3 aromatic carbocycles. The molecule has 0 aliphatic carbocycles. The first-order valence-electron chi connectivity index (χ1n) is 10.3. The van der Waals surface area contributed by atoms with Crippen LogP contribution in [0.15, 0.2) is 54.6 Å². The van der Waals surface area contributed by atoms with Crippen molar-refractivity contribution < 1.29 is 18.4 Å². The number of aryl methyl sites for hydroxylation is 6. The van der Waals surface area contributed by atoms with Crippen molar-refractivity contribution in [2.24, 2.45) is 0 Å². The Kier molecular flexibility index (Phi) is 7.59. The Morgan fingerprint density at radius 3 is 1.06 bits per heavy atom. The maximum absolute atomic E-state index is 13.4. The molecule has 0 saturated carbocycles. The lowest BCUT2D eigenvalue weighted by atomic mass is 10.1. The van der Waals surface area contributed by atoms with Crippen LogP contribution in [0, 0.1) is 41.5 Å². The van der Waals surface area contributed by atoms with Gasteiger partial charge in [-0.15, -0.1) is 0 Å². The Labute approximate surface area is 189 Å². The molecule has 0 aliphatic rings. The van der Waals surface area contributed by atoms with E-state index in [0.717, 1.165) is 33.4 Å². The third-order valence-electron chi connectivity index (χ3n) is 4.95. The molecule has 3 N–H and O–H groups in total. The van der Waals surface area contributed by atoms with Crippen molar-refractivity contribution in [2.45, 2.75) is 41.5 Å². The molecule has 0 spiro atoms. The predicted molar refractivity (Wildman–Crippen MR) is 129 cm³/mol. The van der Waals surface area contributed by atoms with E-state index in [1.54, 1.807) is 0 Å². The van der Waals surface area contributed by atoms with Crippen molar-refractivity contribution in [2.75, 3.05) is 16.4 Å². The maximum atomic E-state index is 13.4. The number of phosphoric acid groups is 1. The van der Waals surface area contributed by atoms with E-state index >= 15 is 0 Å². The minimum absolute atomic E-state index is 0.654. The molecule has 0 atom stereocenters. The molecular formula is C24H30N3O4P. The third kappa shape index (κ3) is 6.34. The average molecular weight is 455 g/mol. The minimum Gasteiger partial charge on any atom is -0.256 e. The number of rotatable bonds is 9. The second kappa shape index (κ2) is 10.2. The van der Waals surface area contributed by atoms with Gasteiger partial charge in [-0.3, -0.25) is 16.4 Å². The molecule has 8 heteroatoms. The van der Waals surface area contributed by atoms with E-state index in [1.807, 2.05) is 96.1 Å². The van der Waals surface area contributed by atoms with Crippen LogP contribution in [0.5, 0.6) is 0 Å². The molecular weight excluding hydrogens is 425 g/mol. The minimum atomic E-state index is -4.14. The summed E-state index contributed by atoms with van der Waals surface area (Å²) >= 11 is 0. The number of hydrogen-bond acceptors (Lipinski definition) is 7. The fourth-order valence-electron chi connectivity index (χ4n) is 3.16. The zero-order valence-corrected chi connectivity index (χ0v) is 20.2. The quantitative estimate of drug-likeness (QED) is 0.235. The molecule has 0 aromatic heterocycles. The zero-order valence-electron chi connectivity index (χ0n) is 19.3. The van der Waals surface area contributed by atoms with Crippen molar-refractivity contribution in [1.29, 1.82) is 0 Å². The van der Waals surface area contributed by atoms with E-state index in [0.29, 0.717) is 17.1 Å². The lowest BCUT2D eigenvalue weighted by molar-refractivity contribution is 0.173. The molecule has 7 nitrogen and oxygen atoms in total. The highest BCUT2D eigenvalue weighted by Gasteiger charge is 2.31. The monoisotopic (exact) mass is 455 g/mol. The molecule has 0 saturated heterocycles. The van der Waals surface area contributed by atoms with E-state index in [1.165, 1.54) is 0 Å². The molecule has 0 unspecified atom stereocenters. The smallest absolute Gasteiger partial charge is 0.256 e. The van der Waals surface area contributed by atoms with Crippen molar-refractivity contribution in [1.82, 2.24) is 0 Å². The molecule has 170 valence electrons. The molecule has 0 bridgehead atoms. The van der Waals surface area contributed by atoms with Crippen LogP contribution in [0.25, 0.3) is 0 Å². The summed E-state index contributed by atoms with van der Waals surface area (Å²) in [5.41, 5.74) is 16.2. The standard InChI is InChI=1S/C24H30N3O4P/c1-16-7-10-22(19(4)13-16)25-29-32(28,30-26-23-11-8-17(2)14-20(23)5)31-27-24-12-9-18(3)15-21(24)6/h7-15,25-27H,1-6H3. The lowest BCUT2D eigenvalue weighted by Gasteiger charge is -2.20. The summed E-state index contributed by atoms with van der Waals surface area (Å²) in [5.74, 6) is 0. The number of benzene rings is 3. The first-order chi connectivity index (χ1) is 15.1. The molecule has 0 fully saturated rings. The van der Waals surface area contributed by atoms with Gasteiger partial charge < -0.3 is 0 Å². The summed E-state index contributed by atoms with van der Waals surface area (Å²) in [6.45, 7) is 11.8. The topological polar surface area (TPSA) is 80.9 Å². The highest BCUT2D eigenvalue weighted by molar-refractivity contribution is 7.48. The molecule has 0 heterocycles. The molecule has 3 aromatic rings. The fourth-order valence-corrected chi connectivity index (χ4v) is 3.90. The van der Waals surface area contributed by atoms with Crippen LogP contribution in [0.3, 0.4) is 0 Å². The molecule has 0 amide bonds. The summed E-state index contributed by atoms with van der Waals surface area (Å²) in [4.78, 5) is 0. The number of hydrogen-bond donors (Lipinski definition) is 3. The van der Waals surface area contributed by atoms with E-state index in [2.05, 4.69) is 16.4 Å². The highest BCUT2D eigenvalue weighted by atomic mass is 31.2. The highest BCUT2D eigenvalue weighted by Crippen LogP contribution is 2.49. The van der Waals surface area contributed by atoms with Gasteiger partial charge in [-0.05, 0) is 76.4 Å². The van der Waals surface area contributed by atoms with Crippen LogP contribution in [0.4, 0.5) is 17.1 Å². The summed E-state index contributed by atoms with van der Waals surface area (Å²) < 4.78 is 29.7. The number of anilines is 3. The van der Waals surface area contributed by atoms with Crippen molar-refractivity contribution in [3.05, 3.63) is 88.0 Å². The Balaban J connectivity index is 1.77. The van der Waals surface area contributed by atoms with Gasteiger partial charge in [-0.1, -0.05) is 53.1 Å². The second-order valence-electron chi connectivity index (χ2n) is 7.98. The van der Waals surface area contributed by atoms with Crippen molar-refractivity contribution >= 4 is 24.9 Å². The van der Waals surface area contributed by atoms with Gasteiger partial charge in [-0.2, -0.15) is 13.9 Å². The molecule has 0 radical (unpaired) electrons. The van der Waals surface area contributed by atoms with E-state index in [9.17, 15) is 4.57 Å². The summed E-state index contributed by atoms with van der Waals surface area (Å²) in [6, 6.07) is 17.2. The van der Waals surface area contributed by atoms with Crippen LogP contribution in [-0.2, 0) is 18.4 Å². The van der Waals surface area contributed by atoms with Crippen LogP contribution in [0.1, 0.15) is 33.4 Å². The van der Waals surface area contributed by atoms with E-state index < -0.39 is 7.82 Å². The fraction of sp³-hybridized carbons (Fsp3) is 0.250. The van der Waals surface area contributed by atoms with Crippen LogP contribution in [0.2, 0.25) is 0 Å². The maximum Gasteiger partial charge on any atom is 0.539 e. The van der Waals surface area contributed by atoms with Crippen LogP contribution < -0.4 is 16.4 Å². The third-order valence-corrected chi connectivity index (χ3v) is 5.89. The lowest BCUT2D eigenvalue weighted by Crippen LogP contribution is -2.13. The number of nitrogens with one attached hydrogen (secondary N) is 3. The first-order valence-corrected chi connectivity index (χ1v) is 11.8. The first kappa shape index (κ1) is 23.8. The second-order valence-corrected chi connectivity index (χ2v) is 9.42. The van der Waals surface area contributed by atoms with E-state index in [4.69, 9.17) is 13.9 Å². The van der Waals surface area contributed by atoms with Gasteiger partial charge in [0.2, 0.25) is 0 Å². The normalized spacial score (nSPS) is 11.3. The Bertz CT molecular complexity index is 1010. The Hall–Kier alpha value is -2.83. The van der Waals surface area contributed by atoms with Gasteiger partial charge in [0, 0.05) is 0 Å². The van der Waals surface area contributed by atoms with Gasteiger partial charge in [0.1, 0.15) is 0 Å². The Morgan fingerprint density at radius 1 is 0.531 bits per heavy atom. The van der Waals surface area contributed by atoms with Gasteiger partial charge in [0.15, 0.2) is 0 Å². The molecule has 3 rings (SSSR count). The summed E-state index contributed by atoms with van der Waals surface area (Å²) in [7, 11) is -4.14. The van der Waals surface area contributed by atoms with Crippen LogP contribution >= 0.6 is 7.82 Å². The van der Waals surface area contributed by atoms with Gasteiger partial charge in [-0.25, -0.2) is 4.57 Å². The predicted octanol–water partition coefficient (Wildman–Crippen LogP) is 7.08. The van der Waals surface area contributed by atoms with Gasteiger partial charge in [0.25, 0.3) is 0 Å². The van der Waals surface area contributed by atoms with E-state index in [-0.39, 0.29) is 0 Å². The largest absolute Gasteiger partial charge is 0.539 e. The molecule has 32 heavy (non-hydrogen) atoms. The summed E-state index contributed by atoms with van der Waals surface area (Å²) in [6.07, 6.45) is 0. The molecule has 0 aliphatic heterocycles. The summed E-state index contributed by atoms with van der Waals surface area (Å²) in [5, 5.41) is 0. The SMILES string of the molecule is Cc1ccc(NOP(=O)(ONc2ccc(C)cc2C)ONc2ccc(C)cc2C)c(C)c1. The van der Waals surface area contributed by atoms with Crippen molar-refractivity contribution in [3.63, 3.8) is 0 Å². The van der Waals surface area contributed by atoms with Gasteiger partial charge >= 0.3 is 7.82 Å². The van der Waals surface area contributed by atoms with Gasteiger partial charge in [0.05, 0.1) is 17.1 Å². The van der Waals surface area contributed by atoms with Crippen molar-refractivity contribution in [3.8, 4) is 0 Å². The van der Waals surface area contributed by atoms with Crippen LogP contribution in [-0.4, -0.2) is 0 Å². The zero-order chi connectivity index (χ0) is 23.3.